The number of hydrogen-bond acceptors (Lipinski definition) is 5. The van der Waals surface area contributed by atoms with Crippen LogP contribution in [0.3, 0.4) is 0 Å². The maximum atomic E-state index is 5.72. The van der Waals surface area contributed by atoms with E-state index in [2.05, 4.69) is 28.9 Å². The summed E-state index contributed by atoms with van der Waals surface area (Å²) in [6, 6.07) is 0.566. The van der Waals surface area contributed by atoms with E-state index in [1.807, 2.05) is 0 Å². The topological polar surface area (TPSA) is 68.2 Å². The Morgan fingerprint density at radius 3 is 2.89 bits per heavy atom. The van der Waals surface area contributed by atoms with Gasteiger partial charge in [-0.2, -0.15) is 4.98 Å². The van der Waals surface area contributed by atoms with Crippen molar-refractivity contribution < 1.29 is 4.52 Å². The van der Waals surface area contributed by atoms with Crippen molar-refractivity contribution in [2.24, 2.45) is 11.7 Å². The average Bonchev–Trinajstić information content (AvgIpc) is 2.88. The van der Waals surface area contributed by atoms with Crippen molar-refractivity contribution in [2.45, 2.75) is 45.7 Å². The van der Waals surface area contributed by atoms with Crippen molar-refractivity contribution in [3.05, 3.63) is 11.7 Å². The van der Waals surface area contributed by atoms with Crippen LogP contribution in [0.2, 0.25) is 0 Å². The predicted molar refractivity (Wildman–Crippen MR) is 72.6 cm³/mol. The van der Waals surface area contributed by atoms with Gasteiger partial charge < -0.3 is 10.3 Å². The highest BCUT2D eigenvalue weighted by Crippen LogP contribution is 2.23. The largest absolute Gasteiger partial charge is 0.339 e. The lowest BCUT2D eigenvalue weighted by atomic mass is 10.1. The molecular formula is C12H23ClN4O. The van der Waals surface area contributed by atoms with Gasteiger partial charge in [-0.3, -0.25) is 4.90 Å². The zero-order valence-corrected chi connectivity index (χ0v) is 11.9. The third kappa shape index (κ3) is 3.67. The van der Waals surface area contributed by atoms with E-state index >= 15 is 0 Å². The van der Waals surface area contributed by atoms with Gasteiger partial charge in [-0.15, -0.1) is 12.4 Å². The highest BCUT2D eigenvalue weighted by molar-refractivity contribution is 5.85. The summed E-state index contributed by atoms with van der Waals surface area (Å²) >= 11 is 0. The van der Waals surface area contributed by atoms with E-state index in [0.29, 0.717) is 12.0 Å². The molecule has 2 N–H and O–H groups in total. The van der Waals surface area contributed by atoms with Gasteiger partial charge in [-0.1, -0.05) is 12.1 Å². The first-order valence-electron chi connectivity index (χ1n) is 6.48. The number of rotatable bonds is 5. The van der Waals surface area contributed by atoms with E-state index in [-0.39, 0.29) is 12.4 Å². The molecule has 1 aliphatic rings. The molecule has 0 bridgehead atoms. The second-order valence-electron chi connectivity index (χ2n) is 4.97. The molecule has 0 saturated carbocycles. The van der Waals surface area contributed by atoms with Crippen LogP contribution >= 0.6 is 12.4 Å². The monoisotopic (exact) mass is 274 g/mol. The lowest BCUT2D eigenvalue weighted by molar-refractivity contribution is 0.245. The fourth-order valence-electron chi connectivity index (χ4n) is 2.46. The number of nitrogens with two attached hydrogens (primary N) is 1. The van der Waals surface area contributed by atoms with Gasteiger partial charge in [0.05, 0.1) is 6.54 Å². The van der Waals surface area contributed by atoms with Gasteiger partial charge >= 0.3 is 0 Å². The summed E-state index contributed by atoms with van der Waals surface area (Å²) in [6.45, 7) is 6.95. The van der Waals surface area contributed by atoms with Crippen LogP contribution < -0.4 is 5.73 Å². The van der Waals surface area contributed by atoms with Crippen molar-refractivity contribution in [1.82, 2.24) is 15.0 Å². The van der Waals surface area contributed by atoms with Gasteiger partial charge in [-0.25, -0.2) is 0 Å². The van der Waals surface area contributed by atoms with E-state index in [1.165, 1.54) is 6.42 Å². The fraction of sp³-hybridized carbons (Fsp3) is 0.833. The first-order chi connectivity index (χ1) is 8.22. The Bertz CT molecular complexity index is 358. The normalized spacial score (nSPS) is 24.2. The quantitative estimate of drug-likeness (QED) is 0.884. The molecule has 1 fully saturated rings. The summed E-state index contributed by atoms with van der Waals surface area (Å²) < 4.78 is 5.19. The van der Waals surface area contributed by atoms with Gasteiger partial charge in [0.25, 0.3) is 0 Å². The summed E-state index contributed by atoms with van der Waals surface area (Å²) in [6.07, 6.45) is 3.08. The molecule has 1 aromatic heterocycles. The standard InChI is InChI=1S/C12H22N4O.ClH/c1-3-4-12-14-11(15-17-12)8-16-7-10(6-13)5-9(16)2;/h9-10H,3-8,13H2,1-2H3;1H. The van der Waals surface area contributed by atoms with E-state index in [9.17, 15) is 0 Å². The molecule has 2 heterocycles. The molecule has 2 rings (SSSR count). The Hall–Kier alpha value is -0.650. The molecule has 0 amide bonds. The van der Waals surface area contributed by atoms with Crippen molar-refractivity contribution in [2.75, 3.05) is 13.1 Å². The SMILES string of the molecule is CCCc1nc(CN2CC(CN)CC2C)no1.Cl. The summed E-state index contributed by atoms with van der Waals surface area (Å²) in [5.74, 6) is 2.18. The maximum absolute atomic E-state index is 5.72. The second kappa shape index (κ2) is 7.07. The summed E-state index contributed by atoms with van der Waals surface area (Å²) in [4.78, 5) is 6.79. The minimum absolute atomic E-state index is 0. The Labute approximate surface area is 115 Å². The molecule has 5 nitrogen and oxygen atoms in total. The fourth-order valence-corrected chi connectivity index (χ4v) is 2.46. The molecule has 0 aromatic carbocycles. The van der Waals surface area contributed by atoms with E-state index in [4.69, 9.17) is 10.3 Å². The number of aryl methyl sites for hydroxylation is 1. The second-order valence-corrected chi connectivity index (χ2v) is 4.97. The molecular weight excluding hydrogens is 252 g/mol. The zero-order valence-electron chi connectivity index (χ0n) is 11.1. The van der Waals surface area contributed by atoms with Crippen molar-refractivity contribution in [3.63, 3.8) is 0 Å². The third-order valence-electron chi connectivity index (χ3n) is 3.44. The average molecular weight is 275 g/mol. The zero-order chi connectivity index (χ0) is 12.3. The summed E-state index contributed by atoms with van der Waals surface area (Å²) in [5.41, 5.74) is 5.72. The van der Waals surface area contributed by atoms with Crippen LogP contribution in [-0.4, -0.2) is 34.2 Å². The molecule has 6 heteroatoms. The Kier molecular flexibility index (Phi) is 6.05. The van der Waals surface area contributed by atoms with Crippen LogP contribution in [0.25, 0.3) is 0 Å². The highest BCUT2D eigenvalue weighted by Gasteiger charge is 2.28. The Balaban J connectivity index is 0.00000162. The van der Waals surface area contributed by atoms with Crippen molar-refractivity contribution >= 4 is 12.4 Å². The Morgan fingerprint density at radius 1 is 1.50 bits per heavy atom. The van der Waals surface area contributed by atoms with Crippen LogP contribution in [-0.2, 0) is 13.0 Å². The molecule has 2 unspecified atom stereocenters. The van der Waals surface area contributed by atoms with Crippen molar-refractivity contribution in [1.29, 1.82) is 0 Å². The molecule has 1 saturated heterocycles. The third-order valence-corrected chi connectivity index (χ3v) is 3.44. The first kappa shape index (κ1) is 15.4. The summed E-state index contributed by atoms with van der Waals surface area (Å²) in [5, 5.41) is 4.02. The van der Waals surface area contributed by atoms with Crippen LogP contribution in [0.15, 0.2) is 4.52 Å². The first-order valence-corrected chi connectivity index (χ1v) is 6.48. The smallest absolute Gasteiger partial charge is 0.226 e. The molecule has 1 aromatic rings. The van der Waals surface area contributed by atoms with Gasteiger partial charge in [0.1, 0.15) is 0 Å². The van der Waals surface area contributed by atoms with Crippen LogP contribution in [0.1, 0.15) is 38.4 Å². The lowest BCUT2D eigenvalue weighted by Crippen LogP contribution is -2.27. The number of aromatic nitrogens is 2. The number of nitrogens with zero attached hydrogens (tertiary/aromatic N) is 3. The minimum atomic E-state index is 0. The molecule has 0 radical (unpaired) electrons. The van der Waals surface area contributed by atoms with Gasteiger partial charge in [0, 0.05) is 19.0 Å². The number of likely N-dealkylation sites (tertiary alicyclic amines) is 1. The summed E-state index contributed by atoms with van der Waals surface area (Å²) in [7, 11) is 0. The van der Waals surface area contributed by atoms with E-state index in [0.717, 1.165) is 44.2 Å². The lowest BCUT2D eigenvalue weighted by Gasteiger charge is -2.18. The van der Waals surface area contributed by atoms with Crippen molar-refractivity contribution in [3.8, 4) is 0 Å². The highest BCUT2D eigenvalue weighted by atomic mass is 35.5. The molecule has 0 aliphatic carbocycles. The predicted octanol–water partition coefficient (Wildman–Crippen LogP) is 1.61. The van der Waals surface area contributed by atoms with E-state index < -0.39 is 0 Å². The number of hydrogen-bond donors (Lipinski definition) is 1. The maximum Gasteiger partial charge on any atom is 0.226 e. The van der Waals surface area contributed by atoms with Crippen LogP contribution in [0, 0.1) is 5.92 Å². The molecule has 104 valence electrons. The van der Waals surface area contributed by atoms with Crippen LogP contribution in [0.4, 0.5) is 0 Å². The minimum Gasteiger partial charge on any atom is -0.339 e. The van der Waals surface area contributed by atoms with E-state index in [1.54, 1.807) is 0 Å². The molecule has 2 atom stereocenters. The van der Waals surface area contributed by atoms with Gasteiger partial charge in [-0.05, 0) is 32.2 Å². The molecule has 18 heavy (non-hydrogen) atoms. The molecule has 0 spiro atoms. The van der Waals surface area contributed by atoms with Gasteiger partial charge in [0.15, 0.2) is 5.82 Å². The molecule has 1 aliphatic heterocycles. The van der Waals surface area contributed by atoms with Crippen LogP contribution in [0.5, 0.6) is 0 Å². The number of halogens is 1. The van der Waals surface area contributed by atoms with Gasteiger partial charge in [0.2, 0.25) is 5.89 Å². The Morgan fingerprint density at radius 2 is 2.28 bits per heavy atom.